The van der Waals surface area contributed by atoms with Gasteiger partial charge in [-0.15, -0.1) is 0 Å². The second-order valence-electron chi connectivity index (χ2n) is 4.06. The van der Waals surface area contributed by atoms with Crippen LogP contribution in [-0.4, -0.2) is 11.7 Å². The van der Waals surface area contributed by atoms with Gasteiger partial charge in [0.15, 0.2) is 5.11 Å². The summed E-state index contributed by atoms with van der Waals surface area (Å²) in [5, 5.41) is 6.76. The Bertz CT molecular complexity index is 569. The van der Waals surface area contributed by atoms with Crippen LogP contribution in [0.3, 0.4) is 0 Å². The lowest BCUT2D eigenvalue weighted by molar-refractivity contribution is 0.482. The lowest BCUT2D eigenvalue weighted by atomic mass is 10.3. The van der Waals surface area contributed by atoms with E-state index in [4.69, 9.17) is 17.0 Å². The number of nitrogens with one attached hydrogen (secondary N) is 2. The fraction of sp³-hybridized carbons (Fsp3) is 0.133. The number of thiocarbonyl (C=S) groups is 1. The maximum Gasteiger partial charge on any atom is 0.170 e. The number of hydrogen-bond donors (Lipinski definition) is 2. The predicted molar refractivity (Wildman–Crippen MR) is 90.6 cm³/mol. The van der Waals surface area contributed by atoms with Gasteiger partial charge in [0.2, 0.25) is 0 Å². The summed E-state index contributed by atoms with van der Waals surface area (Å²) in [6.07, 6.45) is 0. The number of benzene rings is 2. The van der Waals surface area contributed by atoms with Gasteiger partial charge in [0.25, 0.3) is 0 Å². The minimum atomic E-state index is 0.620. The molecule has 0 saturated carbocycles. The summed E-state index contributed by atoms with van der Waals surface area (Å²) in [7, 11) is 0. The molecule has 0 fully saturated rings. The molecule has 2 N–H and O–H groups in total. The van der Waals surface area contributed by atoms with E-state index in [-0.39, 0.29) is 0 Å². The lowest BCUT2D eigenvalue weighted by Gasteiger charge is -2.10. The number of halogens is 1. The SMILES string of the molecule is CCNC(=S)Nc1ccc(Oc2ccc(Br)cc2)cc1. The van der Waals surface area contributed by atoms with Crippen molar-refractivity contribution in [3.05, 3.63) is 53.0 Å². The fourth-order valence-electron chi connectivity index (χ4n) is 1.58. The number of ether oxygens (including phenoxy) is 1. The van der Waals surface area contributed by atoms with E-state index in [0.29, 0.717) is 5.11 Å². The van der Waals surface area contributed by atoms with Gasteiger partial charge >= 0.3 is 0 Å². The molecule has 0 heterocycles. The summed E-state index contributed by atoms with van der Waals surface area (Å²) in [5.41, 5.74) is 0.930. The first-order chi connectivity index (χ1) is 9.67. The highest BCUT2D eigenvalue weighted by Crippen LogP contribution is 2.24. The summed E-state index contributed by atoms with van der Waals surface area (Å²) in [6, 6.07) is 15.4. The van der Waals surface area contributed by atoms with Gasteiger partial charge in [0, 0.05) is 16.7 Å². The molecule has 0 unspecified atom stereocenters. The van der Waals surface area contributed by atoms with E-state index in [2.05, 4.69) is 26.6 Å². The number of rotatable bonds is 4. The molecular formula is C15H15BrN2OS. The molecule has 0 aliphatic heterocycles. The molecule has 0 bridgehead atoms. The van der Waals surface area contributed by atoms with Gasteiger partial charge in [0.1, 0.15) is 11.5 Å². The smallest absolute Gasteiger partial charge is 0.170 e. The molecule has 2 aromatic rings. The molecule has 0 aliphatic rings. The summed E-state index contributed by atoms with van der Waals surface area (Å²) in [6.45, 7) is 2.81. The van der Waals surface area contributed by atoms with E-state index >= 15 is 0 Å². The molecule has 0 atom stereocenters. The standard InChI is InChI=1S/C15H15BrN2OS/c1-2-17-15(20)18-12-5-9-14(10-6-12)19-13-7-3-11(16)4-8-13/h3-10H,2H2,1H3,(H2,17,18,20). The van der Waals surface area contributed by atoms with Gasteiger partial charge < -0.3 is 15.4 Å². The molecule has 0 spiro atoms. The van der Waals surface area contributed by atoms with Crippen LogP contribution in [0.2, 0.25) is 0 Å². The van der Waals surface area contributed by atoms with Crippen LogP contribution in [0.5, 0.6) is 11.5 Å². The highest BCUT2D eigenvalue weighted by atomic mass is 79.9. The Morgan fingerprint density at radius 3 is 2.15 bits per heavy atom. The van der Waals surface area contributed by atoms with Crippen molar-refractivity contribution in [2.45, 2.75) is 6.92 Å². The second-order valence-corrected chi connectivity index (χ2v) is 5.39. The normalized spacial score (nSPS) is 9.90. The molecule has 0 radical (unpaired) electrons. The summed E-state index contributed by atoms with van der Waals surface area (Å²) in [5.74, 6) is 1.59. The molecule has 3 nitrogen and oxygen atoms in total. The van der Waals surface area contributed by atoms with Crippen molar-refractivity contribution < 1.29 is 4.74 Å². The zero-order chi connectivity index (χ0) is 14.4. The van der Waals surface area contributed by atoms with Gasteiger partial charge in [-0.05, 0) is 67.7 Å². The van der Waals surface area contributed by atoms with Crippen molar-refractivity contribution in [3.8, 4) is 11.5 Å². The quantitative estimate of drug-likeness (QED) is 0.792. The van der Waals surface area contributed by atoms with E-state index in [1.165, 1.54) is 0 Å². The van der Waals surface area contributed by atoms with E-state index in [1.807, 2.05) is 55.5 Å². The van der Waals surface area contributed by atoms with Crippen LogP contribution in [0.25, 0.3) is 0 Å². The van der Waals surface area contributed by atoms with Crippen LogP contribution < -0.4 is 15.4 Å². The largest absolute Gasteiger partial charge is 0.457 e. The monoisotopic (exact) mass is 350 g/mol. The molecule has 2 rings (SSSR count). The summed E-state index contributed by atoms with van der Waals surface area (Å²) >= 11 is 8.52. The van der Waals surface area contributed by atoms with E-state index in [0.717, 1.165) is 28.2 Å². The van der Waals surface area contributed by atoms with Crippen LogP contribution in [0.4, 0.5) is 5.69 Å². The number of hydrogen-bond acceptors (Lipinski definition) is 2. The molecule has 0 saturated heterocycles. The third kappa shape index (κ3) is 4.51. The molecule has 104 valence electrons. The van der Waals surface area contributed by atoms with Crippen molar-refractivity contribution in [3.63, 3.8) is 0 Å². The van der Waals surface area contributed by atoms with Crippen molar-refractivity contribution in [1.82, 2.24) is 5.32 Å². The second kappa shape index (κ2) is 7.26. The maximum atomic E-state index is 5.74. The van der Waals surface area contributed by atoms with Gasteiger partial charge in [0.05, 0.1) is 0 Å². The van der Waals surface area contributed by atoms with Crippen molar-refractivity contribution in [2.75, 3.05) is 11.9 Å². The molecule has 0 aliphatic carbocycles. The Morgan fingerprint density at radius 2 is 1.60 bits per heavy atom. The molecule has 5 heteroatoms. The Hall–Kier alpha value is -1.59. The summed E-state index contributed by atoms with van der Waals surface area (Å²) < 4.78 is 6.77. The minimum Gasteiger partial charge on any atom is -0.457 e. The van der Waals surface area contributed by atoms with Gasteiger partial charge in [-0.1, -0.05) is 15.9 Å². The fourth-order valence-corrected chi connectivity index (χ4v) is 2.11. The topological polar surface area (TPSA) is 33.3 Å². The highest BCUT2D eigenvalue weighted by molar-refractivity contribution is 9.10. The third-order valence-corrected chi connectivity index (χ3v) is 3.27. The van der Waals surface area contributed by atoms with E-state index in [1.54, 1.807) is 0 Å². The maximum absolute atomic E-state index is 5.74. The van der Waals surface area contributed by atoms with Crippen LogP contribution in [0.1, 0.15) is 6.92 Å². The molecule has 20 heavy (non-hydrogen) atoms. The molecular weight excluding hydrogens is 336 g/mol. The Balaban J connectivity index is 1.97. The van der Waals surface area contributed by atoms with Gasteiger partial charge in [-0.3, -0.25) is 0 Å². The Labute approximate surface area is 132 Å². The van der Waals surface area contributed by atoms with Crippen LogP contribution in [-0.2, 0) is 0 Å². The van der Waals surface area contributed by atoms with Crippen molar-refractivity contribution >= 4 is 38.9 Å². The predicted octanol–water partition coefficient (Wildman–Crippen LogP) is 4.55. The van der Waals surface area contributed by atoms with Crippen LogP contribution in [0.15, 0.2) is 53.0 Å². The summed E-state index contributed by atoms with van der Waals surface area (Å²) in [4.78, 5) is 0. The molecule has 0 aromatic heterocycles. The van der Waals surface area contributed by atoms with E-state index < -0.39 is 0 Å². The first kappa shape index (κ1) is 14.8. The zero-order valence-corrected chi connectivity index (χ0v) is 13.4. The van der Waals surface area contributed by atoms with Gasteiger partial charge in [-0.25, -0.2) is 0 Å². The average Bonchev–Trinajstić information content (AvgIpc) is 2.44. The zero-order valence-electron chi connectivity index (χ0n) is 11.0. The van der Waals surface area contributed by atoms with Crippen LogP contribution >= 0.6 is 28.1 Å². The van der Waals surface area contributed by atoms with E-state index in [9.17, 15) is 0 Å². The Kier molecular flexibility index (Phi) is 5.38. The van der Waals surface area contributed by atoms with Crippen LogP contribution in [0, 0.1) is 0 Å². The lowest BCUT2D eigenvalue weighted by Crippen LogP contribution is -2.27. The van der Waals surface area contributed by atoms with Gasteiger partial charge in [-0.2, -0.15) is 0 Å². The average molecular weight is 351 g/mol. The highest BCUT2D eigenvalue weighted by Gasteiger charge is 1.99. The van der Waals surface area contributed by atoms with Crippen molar-refractivity contribution in [2.24, 2.45) is 0 Å². The first-order valence-corrected chi connectivity index (χ1v) is 7.46. The van der Waals surface area contributed by atoms with Crippen molar-refractivity contribution in [1.29, 1.82) is 0 Å². The molecule has 0 amide bonds. The molecule has 2 aromatic carbocycles. The third-order valence-electron chi connectivity index (χ3n) is 2.50. The number of anilines is 1. The Morgan fingerprint density at radius 1 is 1.05 bits per heavy atom. The first-order valence-electron chi connectivity index (χ1n) is 6.25. The minimum absolute atomic E-state index is 0.620.